The van der Waals surface area contributed by atoms with Crippen LogP contribution in [-0.2, 0) is 14.8 Å². The van der Waals surface area contributed by atoms with Crippen molar-refractivity contribution < 1.29 is 17.6 Å². The first-order chi connectivity index (χ1) is 12.8. The van der Waals surface area contributed by atoms with Gasteiger partial charge in [-0.1, -0.05) is 6.07 Å². The van der Waals surface area contributed by atoms with Crippen LogP contribution in [-0.4, -0.2) is 40.2 Å². The second-order valence-corrected chi connectivity index (χ2v) is 8.45. The number of rotatable bonds is 6. The number of carbonyl (C=O) groups excluding carboxylic acids is 1. The van der Waals surface area contributed by atoms with Gasteiger partial charge in [0.1, 0.15) is 12.4 Å². The Balaban J connectivity index is 1.75. The zero-order chi connectivity index (χ0) is 19.4. The highest BCUT2D eigenvalue weighted by molar-refractivity contribution is 7.92. The Morgan fingerprint density at radius 1 is 1.15 bits per heavy atom. The van der Waals surface area contributed by atoms with Crippen LogP contribution in [0.3, 0.4) is 0 Å². The smallest absolute Gasteiger partial charge is 0.245 e. The summed E-state index contributed by atoms with van der Waals surface area (Å²) in [6.45, 7) is 1.59. The number of sulfonamides is 1. The van der Waals surface area contributed by atoms with Crippen LogP contribution in [0, 0.1) is 5.82 Å². The van der Waals surface area contributed by atoms with Crippen molar-refractivity contribution in [3.05, 3.63) is 54.3 Å². The Morgan fingerprint density at radius 2 is 1.81 bits per heavy atom. The third-order valence-corrected chi connectivity index (χ3v) is 5.55. The van der Waals surface area contributed by atoms with Gasteiger partial charge >= 0.3 is 0 Å². The van der Waals surface area contributed by atoms with E-state index in [2.05, 4.69) is 10.2 Å². The zero-order valence-corrected chi connectivity index (χ0v) is 15.9. The van der Waals surface area contributed by atoms with E-state index >= 15 is 0 Å². The molecule has 1 fully saturated rings. The molecule has 0 aliphatic carbocycles. The number of carbonyl (C=O) groups is 1. The summed E-state index contributed by atoms with van der Waals surface area (Å²) in [5.41, 5.74) is 1.72. The molecule has 0 saturated carbocycles. The molecule has 3 rings (SSSR count). The normalized spacial score (nSPS) is 14.2. The summed E-state index contributed by atoms with van der Waals surface area (Å²) in [5, 5.41) is 2.52. The molecule has 2 aromatic carbocycles. The van der Waals surface area contributed by atoms with Crippen molar-refractivity contribution in [3.8, 4) is 0 Å². The Labute approximate surface area is 158 Å². The van der Waals surface area contributed by atoms with Crippen LogP contribution in [0.15, 0.2) is 48.5 Å². The zero-order valence-electron chi connectivity index (χ0n) is 15.1. The van der Waals surface area contributed by atoms with Gasteiger partial charge in [0.15, 0.2) is 0 Å². The van der Waals surface area contributed by atoms with E-state index in [0.29, 0.717) is 5.69 Å². The van der Waals surface area contributed by atoms with Crippen molar-refractivity contribution in [1.82, 2.24) is 0 Å². The molecular weight excluding hydrogens is 369 g/mol. The van der Waals surface area contributed by atoms with E-state index in [1.165, 1.54) is 24.3 Å². The Kier molecular flexibility index (Phi) is 5.65. The van der Waals surface area contributed by atoms with Gasteiger partial charge in [0.25, 0.3) is 0 Å². The predicted molar refractivity (Wildman–Crippen MR) is 105 cm³/mol. The number of hydrogen-bond donors (Lipinski definition) is 1. The first-order valence-electron chi connectivity index (χ1n) is 8.71. The van der Waals surface area contributed by atoms with Crippen LogP contribution < -0.4 is 14.5 Å². The van der Waals surface area contributed by atoms with Crippen LogP contribution >= 0.6 is 0 Å². The third kappa shape index (κ3) is 4.97. The highest BCUT2D eigenvalue weighted by atomic mass is 32.2. The molecule has 0 radical (unpaired) electrons. The fraction of sp³-hybridized carbons (Fsp3) is 0.316. The van der Waals surface area contributed by atoms with Crippen molar-refractivity contribution in [1.29, 1.82) is 0 Å². The second-order valence-electron chi connectivity index (χ2n) is 6.54. The van der Waals surface area contributed by atoms with Gasteiger partial charge in [-0.2, -0.15) is 0 Å². The molecule has 0 spiro atoms. The standard InChI is InChI=1S/C19H22FN3O3S/c1-27(25,26)23(14-19(24)21-16-6-4-5-15(20)13-16)18-9-7-17(8-10-18)22-11-2-3-12-22/h4-10,13H,2-3,11-12,14H2,1H3,(H,21,24). The molecule has 1 aliphatic heterocycles. The first-order valence-corrected chi connectivity index (χ1v) is 10.6. The van der Waals surface area contributed by atoms with Crippen LogP contribution in [0.4, 0.5) is 21.5 Å². The first kappa shape index (κ1) is 19.2. The minimum absolute atomic E-state index is 0.276. The molecule has 0 aromatic heterocycles. The molecule has 1 aliphatic rings. The SMILES string of the molecule is CS(=O)(=O)N(CC(=O)Nc1cccc(F)c1)c1ccc(N2CCCC2)cc1. The quantitative estimate of drug-likeness (QED) is 0.822. The number of nitrogens with one attached hydrogen (secondary N) is 1. The van der Waals surface area contributed by atoms with Gasteiger partial charge in [-0.25, -0.2) is 12.8 Å². The number of benzene rings is 2. The third-order valence-electron chi connectivity index (χ3n) is 4.40. The van der Waals surface area contributed by atoms with Gasteiger partial charge in [-0.15, -0.1) is 0 Å². The molecule has 6 nitrogen and oxygen atoms in total. The number of nitrogens with zero attached hydrogens (tertiary/aromatic N) is 2. The molecule has 1 N–H and O–H groups in total. The lowest BCUT2D eigenvalue weighted by Crippen LogP contribution is -2.37. The Hall–Kier alpha value is -2.61. The summed E-state index contributed by atoms with van der Waals surface area (Å²) in [4.78, 5) is 14.5. The molecule has 27 heavy (non-hydrogen) atoms. The lowest BCUT2D eigenvalue weighted by Gasteiger charge is -2.23. The molecule has 8 heteroatoms. The molecule has 0 unspecified atom stereocenters. The summed E-state index contributed by atoms with van der Waals surface area (Å²) >= 11 is 0. The summed E-state index contributed by atoms with van der Waals surface area (Å²) in [7, 11) is -3.66. The molecule has 144 valence electrons. The highest BCUT2D eigenvalue weighted by Gasteiger charge is 2.21. The van der Waals surface area contributed by atoms with Crippen molar-refractivity contribution in [2.75, 3.05) is 40.4 Å². The monoisotopic (exact) mass is 391 g/mol. The predicted octanol–water partition coefficient (Wildman–Crippen LogP) is 2.83. The average molecular weight is 391 g/mol. The number of anilines is 3. The maximum Gasteiger partial charge on any atom is 0.245 e. The maximum absolute atomic E-state index is 13.2. The van der Waals surface area contributed by atoms with Crippen molar-refractivity contribution >= 4 is 33.0 Å². The minimum atomic E-state index is -3.66. The van der Waals surface area contributed by atoms with Crippen LogP contribution in [0.1, 0.15) is 12.8 Å². The van der Waals surface area contributed by atoms with Crippen molar-refractivity contribution in [2.24, 2.45) is 0 Å². The largest absolute Gasteiger partial charge is 0.372 e. The Bertz CT molecular complexity index is 910. The van der Waals surface area contributed by atoms with Gasteiger partial charge < -0.3 is 10.2 Å². The number of halogens is 1. The highest BCUT2D eigenvalue weighted by Crippen LogP contribution is 2.25. The van der Waals surface area contributed by atoms with E-state index < -0.39 is 28.3 Å². The average Bonchev–Trinajstić information content (AvgIpc) is 3.13. The van der Waals surface area contributed by atoms with Crippen LogP contribution in [0.25, 0.3) is 0 Å². The lowest BCUT2D eigenvalue weighted by atomic mass is 10.2. The number of amides is 1. The molecule has 0 atom stereocenters. The van der Waals surface area contributed by atoms with Gasteiger partial charge in [0, 0.05) is 24.5 Å². The van der Waals surface area contributed by atoms with E-state index in [1.807, 2.05) is 12.1 Å². The summed E-state index contributed by atoms with van der Waals surface area (Å²) in [6.07, 6.45) is 3.35. The molecule has 0 bridgehead atoms. The molecular formula is C19H22FN3O3S. The minimum Gasteiger partial charge on any atom is -0.372 e. The van der Waals surface area contributed by atoms with E-state index in [1.54, 1.807) is 12.1 Å². The van der Waals surface area contributed by atoms with Crippen LogP contribution in [0.5, 0.6) is 0 Å². The fourth-order valence-corrected chi connectivity index (χ4v) is 3.96. The fourth-order valence-electron chi connectivity index (χ4n) is 3.10. The molecule has 1 amide bonds. The maximum atomic E-state index is 13.2. The van der Waals surface area contributed by atoms with Gasteiger partial charge in [0.05, 0.1) is 11.9 Å². The molecule has 1 saturated heterocycles. The topological polar surface area (TPSA) is 69.7 Å². The lowest BCUT2D eigenvalue weighted by molar-refractivity contribution is -0.114. The van der Waals surface area contributed by atoms with Gasteiger partial charge in [-0.05, 0) is 55.3 Å². The van der Waals surface area contributed by atoms with Gasteiger partial charge in [-0.3, -0.25) is 9.10 Å². The summed E-state index contributed by atoms with van der Waals surface area (Å²) in [5.74, 6) is -1.03. The number of hydrogen-bond acceptors (Lipinski definition) is 4. The van der Waals surface area contributed by atoms with Crippen LogP contribution in [0.2, 0.25) is 0 Å². The summed E-state index contributed by atoms with van der Waals surface area (Å²) < 4.78 is 38.7. The van der Waals surface area contributed by atoms with Crippen molar-refractivity contribution in [3.63, 3.8) is 0 Å². The second kappa shape index (κ2) is 7.96. The Morgan fingerprint density at radius 3 is 2.41 bits per heavy atom. The molecule has 2 aromatic rings. The van der Waals surface area contributed by atoms with E-state index in [4.69, 9.17) is 0 Å². The van der Waals surface area contributed by atoms with E-state index in [9.17, 15) is 17.6 Å². The van der Waals surface area contributed by atoms with Crippen molar-refractivity contribution in [2.45, 2.75) is 12.8 Å². The van der Waals surface area contributed by atoms with E-state index in [0.717, 1.165) is 42.2 Å². The van der Waals surface area contributed by atoms with Gasteiger partial charge in [0.2, 0.25) is 15.9 Å². The molecule has 1 heterocycles. The summed E-state index contributed by atoms with van der Waals surface area (Å²) in [6, 6.07) is 12.6. The van der Waals surface area contributed by atoms with E-state index in [-0.39, 0.29) is 5.69 Å².